The number of rotatable bonds is 2. The molecule has 0 saturated carbocycles. The number of hydrogen-bond donors (Lipinski definition) is 2. The van der Waals surface area contributed by atoms with Crippen LogP contribution in [0.1, 0.15) is 5.56 Å². The molecule has 18 heavy (non-hydrogen) atoms. The van der Waals surface area contributed by atoms with E-state index in [2.05, 4.69) is 0 Å². The van der Waals surface area contributed by atoms with Gasteiger partial charge in [-0.15, -0.1) is 0 Å². The minimum Gasteiger partial charge on any atom is -0.452 e. The third-order valence-corrected chi connectivity index (χ3v) is 2.65. The third-order valence-electron chi connectivity index (χ3n) is 2.43. The van der Waals surface area contributed by atoms with Crippen molar-refractivity contribution in [2.75, 3.05) is 11.5 Å². The summed E-state index contributed by atoms with van der Waals surface area (Å²) in [5.41, 5.74) is 12.4. The van der Waals surface area contributed by atoms with Crippen LogP contribution in [0.3, 0.4) is 0 Å². The van der Waals surface area contributed by atoms with Gasteiger partial charge in [0.15, 0.2) is 11.6 Å². The lowest BCUT2D eigenvalue weighted by Gasteiger charge is -2.11. The molecule has 4 N–H and O–H groups in total. The van der Waals surface area contributed by atoms with Crippen molar-refractivity contribution >= 4 is 23.0 Å². The van der Waals surface area contributed by atoms with Crippen LogP contribution in [0, 0.1) is 12.7 Å². The van der Waals surface area contributed by atoms with Crippen LogP contribution in [0.5, 0.6) is 11.5 Å². The molecule has 0 amide bonds. The van der Waals surface area contributed by atoms with Crippen LogP contribution in [-0.2, 0) is 0 Å². The first kappa shape index (κ1) is 12.5. The van der Waals surface area contributed by atoms with E-state index in [1.54, 1.807) is 37.3 Å². The van der Waals surface area contributed by atoms with Crippen molar-refractivity contribution in [2.24, 2.45) is 0 Å². The normalized spacial score (nSPS) is 10.4. The molecule has 5 heteroatoms. The van der Waals surface area contributed by atoms with Crippen molar-refractivity contribution in [3.63, 3.8) is 0 Å². The summed E-state index contributed by atoms with van der Waals surface area (Å²) < 4.78 is 19.3. The zero-order valence-corrected chi connectivity index (χ0v) is 10.5. The van der Waals surface area contributed by atoms with Gasteiger partial charge in [-0.2, -0.15) is 0 Å². The van der Waals surface area contributed by atoms with E-state index in [4.69, 9.17) is 27.8 Å². The molecule has 2 rings (SSSR count). The number of nitrogens with two attached hydrogens (primary N) is 2. The quantitative estimate of drug-likeness (QED) is 0.814. The van der Waals surface area contributed by atoms with Crippen LogP contribution >= 0.6 is 11.6 Å². The number of aryl methyl sites for hydroxylation is 1. The van der Waals surface area contributed by atoms with Gasteiger partial charge in [-0.3, -0.25) is 0 Å². The number of hydrogen-bond acceptors (Lipinski definition) is 3. The molecule has 0 fully saturated rings. The molecular formula is C13H12ClFN2O. The van der Waals surface area contributed by atoms with Crippen LogP contribution in [0.2, 0.25) is 5.02 Å². The van der Waals surface area contributed by atoms with Crippen LogP contribution in [0.4, 0.5) is 15.8 Å². The summed E-state index contributed by atoms with van der Waals surface area (Å²) >= 11 is 5.84. The first-order valence-electron chi connectivity index (χ1n) is 5.26. The smallest absolute Gasteiger partial charge is 0.186 e. The predicted molar refractivity (Wildman–Crippen MR) is 71.5 cm³/mol. The van der Waals surface area contributed by atoms with Gasteiger partial charge < -0.3 is 16.2 Å². The Morgan fingerprint density at radius 2 is 1.89 bits per heavy atom. The fourth-order valence-electron chi connectivity index (χ4n) is 1.53. The SMILES string of the molecule is Cc1ccc(N)c(Oc2cc(N)cc(Cl)c2)c1F. The van der Waals surface area contributed by atoms with Gasteiger partial charge in [-0.1, -0.05) is 17.7 Å². The van der Waals surface area contributed by atoms with Gasteiger partial charge in [0, 0.05) is 16.8 Å². The fraction of sp³-hybridized carbons (Fsp3) is 0.0769. The van der Waals surface area contributed by atoms with E-state index in [-0.39, 0.29) is 11.4 Å². The van der Waals surface area contributed by atoms with Crippen molar-refractivity contribution in [1.82, 2.24) is 0 Å². The van der Waals surface area contributed by atoms with Gasteiger partial charge >= 0.3 is 0 Å². The number of anilines is 2. The molecule has 0 heterocycles. The van der Waals surface area contributed by atoms with Crippen LogP contribution in [0.25, 0.3) is 0 Å². The average molecular weight is 267 g/mol. The number of halogens is 2. The largest absolute Gasteiger partial charge is 0.452 e. The van der Waals surface area contributed by atoms with Crippen LogP contribution in [0.15, 0.2) is 30.3 Å². The highest BCUT2D eigenvalue weighted by atomic mass is 35.5. The molecule has 2 aromatic rings. The summed E-state index contributed by atoms with van der Waals surface area (Å²) in [7, 11) is 0. The van der Waals surface area contributed by atoms with Gasteiger partial charge in [0.25, 0.3) is 0 Å². The van der Waals surface area contributed by atoms with Crippen molar-refractivity contribution in [1.29, 1.82) is 0 Å². The molecule has 2 aromatic carbocycles. The Morgan fingerprint density at radius 1 is 1.17 bits per heavy atom. The van der Waals surface area contributed by atoms with E-state index >= 15 is 0 Å². The van der Waals surface area contributed by atoms with Gasteiger partial charge in [-0.25, -0.2) is 4.39 Å². The van der Waals surface area contributed by atoms with E-state index in [0.29, 0.717) is 22.0 Å². The summed E-state index contributed by atoms with van der Waals surface area (Å²) in [6.07, 6.45) is 0. The number of nitrogen functional groups attached to an aromatic ring is 2. The zero-order valence-electron chi connectivity index (χ0n) is 9.71. The second-order valence-corrected chi connectivity index (χ2v) is 4.37. The topological polar surface area (TPSA) is 61.3 Å². The average Bonchev–Trinajstić information content (AvgIpc) is 2.28. The summed E-state index contributed by atoms with van der Waals surface area (Å²) in [4.78, 5) is 0. The van der Waals surface area contributed by atoms with Gasteiger partial charge in [-0.05, 0) is 30.7 Å². The molecule has 0 saturated heterocycles. The Hall–Kier alpha value is -1.94. The molecule has 0 radical (unpaired) electrons. The van der Waals surface area contributed by atoms with E-state index in [9.17, 15) is 4.39 Å². The van der Waals surface area contributed by atoms with Crippen molar-refractivity contribution < 1.29 is 9.13 Å². The molecule has 94 valence electrons. The van der Waals surface area contributed by atoms with Crippen molar-refractivity contribution in [3.8, 4) is 11.5 Å². The molecular weight excluding hydrogens is 255 g/mol. The Morgan fingerprint density at radius 3 is 2.56 bits per heavy atom. The molecule has 0 aromatic heterocycles. The first-order valence-corrected chi connectivity index (χ1v) is 5.63. The molecule has 0 unspecified atom stereocenters. The van der Waals surface area contributed by atoms with E-state index < -0.39 is 5.82 Å². The van der Waals surface area contributed by atoms with E-state index in [1.807, 2.05) is 0 Å². The summed E-state index contributed by atoms with van der Waals surface area (Å²) in [6.45, 7) is 1.63. The van der Waals surface area contributed by atoms with Crippen LogP contribution < -0.4 is 16.2 Å². The highest BCUT2D eigenvalue weighted by Gasteiger charge is 2.12. The van der Waals surface area contributed by atoms with Gasteiger partial charge in [0.2, 0.25) is 0 Å². The third kappa shape index (κ3) is 2.49. The van der Waals surface area contributed by atoms with Crippen molar-refractivity contribution in [2.45, 2.75) is 6.92 Å². The second-order valence-electron chi connectivity index (χ2n) is 3.94. The van der Waals surface area contributed by atoms with E-state index in [1.165, 1.54) is 0 Å². The first-order chi connectivity index (χ1) is 8.47. The predicted octanol–water partition coefficient (Wildman–Crippen LogP) is 3.74. The second kappa shape index (κ2) is 4.74. The minimum absolute atomic E-state index is 0.0170. The molecule has 3 nitrogen and oxygen atoms in total. The van der Waals surface area contributed by atoms with Gasteiger partial charge in [0.05, 0.1) is 5.69 Å². The Labute approximate surface area is 109 Å². The molecule has 0 aliphatic carbocycles. The molecule has 0 atom stereocenters. The maximum atomic E-state index is 13.9. The summed E-state index contributed by atoms with van der Waals surface area (Å²) in [6, 6.07) is 7.84. The highest BCUT2D eigenvalue weighted by molar-refractivity contribution is 6.31. The molecule has 0 aliphatic rings. The molecule has 0 spiro atoms. The molecule has 0 bridgehead atoms. The summed E-state index contributed by atoms with van der Waals surface area (Å²) in [5.74, 6) is -0.165. The standard InChI is InChI=1S/C13H12ClFN2O/c1-7-2-3-11(17)13(12(7)15)18-10-5-8(14)4-9(16)6-10/h2-6H,16-17H2,1H3. The monoisotopic (exact) mass is 266 g/mol. The van der Waals surface area contributed by atoms with Gasteiger partial charge in [0.1, 0.15) is 5.75 Å². The number of benzene rings is 2. The van der Waals surface area contributed by atoms with Crippen molar-refractivity contribution in [3.05, 3.63) is 46.7 Å². The lowest BCUT2D eigenvalue weighted by Crippen LogP contribution is -1.97. The lowest BCUT2D eigenvalue weighted by atomic mass is 10.2. The number of ether oxygens (including phenoxy) is 1. The van der Waals surface area contributed by atoms with E-state index in [0.717, 1.165) is 0 Å². The Balaban J connectivity index is 2.42. The zero-order chi connectivity index (χ0) is 13.3. The van der Waals surface area contributed by atoms with Crippen LogP contribution in [-0.4, -0.2) is 0 Å². The maximum absolute atomic E-state index is 13.9. The fourth-order valence-corrected chi connectivity index (χ4v) is 1.77. The Bertz CT molecular complexity index is 582. The highest BCUT2D eigenvalue weighted by Crippen LogP contribution is 2.34. The minimum atomic E-state index is -0.492. The Kier molecular flexibility index (Phi) is 3.30. The molecule has 0 aliphatic heterocycles. The summed E-state index contributed by atoms with van der Waals surface area (Å²) in [5, 5.41) is 0.414. The maximum Gasteiger partial charge on any atom is 0.186 e. The lowest BCUT2D eigenvalue weighted by molar-refractivity contribution is 0.443.